The largest absolute Gasteiger partial charge is 0.385 e. The van der Waals surface area contributed by atoms with E-state index >= 15 is 0 Å². The number of ether oxygens (including phenoxy) is 2. The van der Waals surface area contributed by atoms with Crippen molar-refractivity contribution in [2.75, 3.05) is 34.0 Å². The van der Waals surface area contributed by atoms with E-state index in [4.69, 9.17) is 9.47 Å². The van der Waals surface area contributed by atoms with Crippen LogP contribution in [0.1, 0.15) is 12.8 Å². The van der Waals surface area contributed by atoms with Crippen molar-refractivity contribution in [3.63, 3.8) is 0 Å². The molecule has 0 aliphatic carbocycles. The summed E-state index contributed by atoms with van der Waals surface area (Å²) in [6, 6.07) is 0.567. The van der Waals surface area contributed by atoms with Gasteiger partial charge in [0.2, 0.25) is 0 Å². The molecule has 2 atom stereocenters. The normalized spacial score (nSPS) is 29.5. The highest BCUT2D eigenvalue weighted by atomic mass is 16.5. The second kappa shape index (κ2) is 5.51. The van der Waals surface area contributed by atoms with E-state index in [0.717, 1.165) is 25.7 Å². The highest BCUT2D eigenvalue weighted by Crippen LogP contribution is 2.17. The van der Waals surface area contributed by atoms with E-state index in [1.54, 1.807) is 14.2 Å². The first kappa shape index (κ1) is 9.96. The zero-order valence-corrected chi connectivity index (χ0v) is 8.01. The van der Waals surface area contributed by atoms with Gasteiger partial charge in [-0.2, -0.15) is 0 Å². The first-order valence-electron chi connectivity index (χ1n) is 4.58. The average Bonchev–Trinajstić information content (AvgIpc) is 2.50. The van der Waals surface area contributed by atoms with E-state index in [2.05, 4.69) is 5.32 Å². The summed E-state index contributed by atoms with van der Waals surface area (Å²) in [6.07, 6.45) is 2.40. The Balaban J connectivity index is 2.08. The number of nitrogens with one attached hydrogen (secondary N) is 1. The fourth-order valence-electron chi connectivity index (χ4n) is 1.73. The Hall–Kier alpha value is -0.120. The molecule has 0 spiro atoms. The van der Waals surface area contributed by atoms with Crippen LogP contribution in [0, 0.1) is 5.92 Å². The number of methoxy groups -OCH3 is 2. The van der Waals surface area contributed by atoms with Crippen LogP contribution < -0.4 is 5.32 Å². The Morgan fingerprint density at radius 3 is 2.83 bits per heavy atom. The van der Waals surface area contributed by atoms with Crippen molar-refractivity contribution in [1.29, 1.82) is 0 Å². The molecule has 0 saturated carbocycles. The van der Waals surface area contributed by atoms with Crippen molar-refractivity contribution in [3.05, 3.63) is 0 Å². The molecule has 1 saturated heterocycles. The summed E-state index contributed by atoms with van der Waals surface area (Å²) < 4.78 is 10.1. The van der Waals surface area contributed by atoms with Crippen molar-refractivity contribution in [1.82, 2.24) is 5.32 Å². The second-order valence-electron chi connectivity index (χ2n) is 3.44. The Kier molecular flexibility index (Phi) is 4.58. The standard InChI is InChI=1S/C9H19NO2/c1-11-4-3-8-5-9(7-12-2)10-6-8/h8-10H,3-7H2,1-2H3. The molecule has 3 nitrogen and oxygen atoms in total. The van der Waals surface area contributed by atoms with Gasteiger partial charge in [0.1, 0.15) is 0 Å². The lowest BCUT2D eigenvalue weighted by Crippen LogP contribution is -2.25. The molecule has 1 fully saturated rings. The molecule has 0 amide bonds. The van der Waals surface area contributed by atoms with Gasteiger partial charge >= 0.3 is 0 Å². The highest BCUT2D eigenvalue weighted by molar-refractivity contribution is 4.80. The summed E-state index contributed by atoms with van der Waals surface area (Å²) in [5.41, 5.74) is 0. The van der Waals surface area contributed by atoms with Crippen molar-refractivity contribution in [3.8, 4) is 0 Å². The summed E-state index contributed by atoms with van der Waals surface area (Å²) in [6.45, 7) is 2.84. The molecular formula is C9H19NO2. The summed E-state index contributed by atoms with van der Waals surface area (Å²) in [5, 5.41) is 3.44. The molecule has 0 aromatic rings. The van der Waals surface area contributed by atoms with Crippen LogP contribution in [0.2, 0.25) is 0 Å². The lowest BCUT2D eigenvalue weighted by molar-refractivity contribution is 0.166. The second-order valence-corrected chi connectivity index (χ2v) is 3.44. The maximum Gasteiger partial charge on any atom is 0.0615 e. The van der Waals surface area contributed by atoms with E-state index in [-0.39, 0.29) is 0 Å². The van der Waals surface area contributed by atoms with Crippen molar-refractivity contribution in [2.24, 2.45) is 5.92 Å². The van der Waals surface area contributed by atoms with E-state index in [9.17, 15) is 0 Å². The summed E-state index contributed by atoms with van der Waals surface area (Å²) in [4.78, 5) is 0. The van der Waals surface area contributed by atoms with E-state index in [0.29, 0.717) is 6.04 Å². The Labute approximate surface area is 74.4 Å². The van der Waals surface area contributed by atoms with Gasteiger partial charge in [-0.3, -0.25) is 0 Å². The Morgan fingerprint density at radius 2 is 2.17 bits per heavy atom. The van der Waals surface area contributed by atoms with E-state index < -0.39 is 0 Å². The quantitative estimate of drug-likeness (QED) is 0.662. The summed E-state index contributed by atoms with van der Waals surface area (Å²) in [7, 11) is 3.51. The van der Waals surface area contributed by atoms with Crippen LogP contribution in [0.5, 0.6) is 0 Å². The first-order chi connectivity index (χ1) is 5.86. The third-order valence-corrected chi connectivity index (χ3v) is 2.41. The van der Waals surface area contributed by atoms with Crippen LogP contribution in [-0.4, -0.2) is 40.0 Å². The monoisotopic (exact) mass is 173 g/mol. The van der Waals surface area contributed by atoms with Crippen LogP contribution in [0.25, 0.3) is 0 Å². The van der Waals surface area contributed by atoms with Crippen molar-refractivity contribution >= 4 is 0 Å². The maximum absolute atomic E-state index is 5.08. The average molecular weight is 173 g/mol. The minimum atomic E-state index is 0.567. The third kappa shape index (κ3) is 3.09. The number of hydrogen-bond acceptors (Lipinski definition) is 3. The summed E-state index contributed by atoms with van der Waals surface area (Å²) in [5.74, 6) is 0.782. The molecule has 1 aliphatic heterocycles. The van der Waals surface area contributed by atoms with Gasteiger partial charge in [0.25, 0.3) is 0 Å². The van der Waals surface area contributed by atoms with Crippen LogP contribution >= 0.6 is 0 Å². The molecule has 12 heavy (non-hydrogen) atoms. The smallest absolute Gasteiger partial charge is 0.0615 e. The van der Waals surface area contributed by atoms with Gasteiger partial charge in [0.05, 0.1) is 6.61 Å². The van der Waals surface area contributed by atoms with Gasteiger partial charge in [-0.25, -0.2) is 0 Å². The lowest BCUT2D eigenvalue weighted by atomic mass is 10.0. The number of rotatable bonds is 5. The van der Waals surface area contributed by atoms with Crippen molar-refractivity contribution in [2.45, 2.75) is 18.9 Å². The molecule has 0 bridgehead atoms. The van der Waals surface area contributed by atoms with Gasteiger partial charge in [-0.1, -0.05) is 0 Å². The van der Waals surface area contributed by atoms with Gasteiger partial charge in [0, 0.05) is 26.9 Å². The number of hydrogen-bond donors (Lipinski definition) is 1. The Bertz CT molecular complexity index is 119. The molecule has 0 aromatic carbocycles. The molecule has 0 radical (unpaired) electrons. The molecule has 2 unspecified atom stereocenters. The van der Waals surface area contributed by atoms with Gasteiger partial charge in [0.15, 0.2) is 0 Å². The van der Waals surface area contributed by atoms with Gasteiger partial charge in [-0.05, 0) is 25.3 Å². The molecule has 1 aliphatic rings. The maximum atomic E-state index is 5.08. The molecule has 0 aromatic heterocycles. The van der Waals surface area contributed by atoms with E-state index in [1.165, 1.54) is 12.8 Å². The third-order valence-electron chi connectivity index (χ3n) is 2.41. The SMILES string of the molecule is COCCC1CNC(COC)C1. The Morgan fingerprint density at radius 1 is 1.33 bits per heavy atom. The zero-order chi connectivity index (χ0) is 8.81. The first-order valence-corrected chi connectivity index (χ1v) is 4.58. The lowest BCUT2D eigenvalue weighted by Gasteiger charge is -2.08. The molecule has 3 heteroatoms. The zero-order valence-electron chi connectivity index (χ0n) is 8.01. The predicted octanol–water partition coefficient (Wildman–Crippen LogP) is 0.647. The van der Waals surface area contributed by atoms with Crippen LogP contribution in [0.3, 0.4) is 0 Å². The molecule has 1 N–H and O–H groups in total. The fraction of sp³-hybridized carbons (Fsp3) is 1.00. The molecular weight excluding hydrogens is 154 g/mol. The van der Waals surface area contributed by atoms with Gasteiger partial charge in [-0.15, -0.1) is 0 Å². The fourth-order valence-corrected chi connectivity index (χ4v) is 1.73. The highest BCUT2D eigenvalue weighted by Gasteiger charge is 2.22. The van der Waals surface area contributed by atoms with Crippen LogP contribution in [0.15, 0.2) is 0 Å². The minimum Gasteiger partial charge on any atom is -0.385 e. The topological polar surface area (TPSA) is 30.5 Å². The minimum absolute atomic E-state index is 0.567. The van der Waals surface area contributed by atoms with Gasteiger partial charge < -0.3 is 14.8 Å². The van der Waals surface area contributed by atoms with Crippen LogP contribution in [0.4, 0.5) is 0 Å². The van der Waals surface area contributed by atoms with Crippen LogP contribution in [-0.2, 0) is 9.47 Å². The summed E-state index contributed by atoms with van der Waals surface area (Å²) >= 11 is 0. The molecule has 1 rings (SSSR count). The predicted molar refractivity (Wildman–Crippen MR) is 48.3 cm³/mol. The molecule has 1 heterocycles. The van der Waals surface area contributed by atoms with E-state index in [1.807, 2.05) is 0 Å². The molecule has 72 valence electrons. The van der Waals surface area contributed by atoms with Crippen molar-refractivity contribution < 1.29 is 9.47 Å².